The van der Waals surface area contributed by atoms with E-state index in [1.54, 1.807) is 0 Å². The molecule has 0 aromatic rings. The Morgan fingerprint density at radius 3 is 1.38 bits per heavy atom. The van der Waals surface area contributed by atoms with Crippen LogP contribution in [0.2, 0.25) is 0 Å². The highest BCUT2D eigenvalue weighted by atomic mass is 31.2. The molecule has 2 N–H and O–H groups in total. The average Bonchev–Trinajstić information content (AvgIpc) is 3.29. The molecule has 0 aliphatic heterocycles. The summed E-state index contributed by atoms with van der Waals surface area (Å²) < 4.78 is 30.6. The molecular formula is C58H110N2O7P+. The van der Waals surface area contributed by atoms with Gasteiger partial charge in [0.15, 0.2) is 0 Å². The van der Waals surface area contributed by atoms with Crippen LogP contribution in [0, 0.1) is 0 Å². The summed E-state index contributed by atoms with van der Waals surface area (Å²) in [6.45, 7) is 6.96. The van der Waals surface area contributed by atoms with Crippen molar-refractivity contribution in [3.05, 3.63) is 48.6 Å². The van der Waals surface area contributed by atoms with Crippen molar-refractivity contribution in [2.75, 3.05) is 40.9 Å². The van der Waals surface area contributed by atoms with Crippen LogP contribution in [0.1, 0.15) is 258 Å². The summed E-state index contributed by atoms with van der Waals surface area (Å²) in [6, 6.07) is -0.854. The molecule has 3 atom stereocenters. The minimum atomic E-state index is -4.44. The Balaban J connectivity index is 5.38. The van der Waals surface area contributed by atoms with Crippen molar-refractivity contribution in [1.82, 2.24) is 5.32 Å². The summed E-state index contributed by atoms with van der Waals surface area (Å²) in [6.07, 6.45) is 58.1. The molecular weight excluding hydrogens is 868 g/mol. The number of rotatable bonds is 51. The molecule has 0 radical (unpaired) electrons. The molecule has 0 rings (SSSR count). The van der Waals surface area contributed by atoms with Gasteiger partial charge in [0, 0.05) is 12.8 Å². The molecule has 10 heteroatoms. The highest BCUT2D eigenvalue weighted by molar-refractivity contribution is 7.47. The van der Waals surface area contributed by atoms with Crippen molar-refractivity contribution in [3.63, 3.8) is 0 Å². The second-order valence-corrected chi connectivity index (χ2v) is 21.9. The lowest BCUT2D eigenvalue weighted by atomic mass is 10.0. The first-order valence-corrected chi connectivity index (χ1v) is 30.0. The summed E-state index contributed by atoms with van der Waals surface area (Å²) >= 11 is 0. The van der Waals surface area contributed by atoms with Crippen LogP contribution < -0.4 is 5.32 Å². The molecule has 0 aromatic heterocycles. The number of carbonyl (C=O) groups excluding carboxylic acids is 2. The van der Waals surface area contributed by atoms with E-state index in [0.717, 1.165) is 83.5 Å². The van der Waals surface area contributed by atoms with E-state index in [0.29, 0.717) is 17.4 Å². The van der Waals surface area contributed by atoms with Crippen molar-refractivity contribution in [1.29, 1.82) is 0 Å². The molecule has 0 aliphatic rings. The number of ether oxygens (including phenoxy) is 1. The van der Waals surface area contributed by atoms with Gasteiger partial charge in [-0.25, -0.2) is 4.57 Å². The van der Waals surface area contributed by atoms with Gasteiger partial charge in [0.05, 0.1) is 33.8 Å². The predicted molar refractivity (Wildman–Crippen MR) is 291 cm³/mol. The Labute approximate surface area is 420 Å². The molecule has 0 spiro atoms. The monoisotopic (exact) mass is 978 g/mol. The fraction of sp³-hybridized carbons (Fsp3) is 0.828. The molecule has 0 saturated heterocycles. The third-order valence-electron chi connectivity index (χ3n) is 12.5. The third kappa shape index (κ3) is 49.0. The first-order valence-electron chi connectivity index (χ1n) is 28.5. The van der Waals surface area contributed by atoms with Gasteiger partial charge in [0.25, 0.3) is 0 Å². The predicted octanol–water partition coefficient (Wildman–Crippen LogP) is 16.9. The molecule has 3 unspecified atom stereocenters. The van der Waals surface area contributed by atoms with Crippen molar-refractivity contribution >= 4 is 19.7 Å². The number of amides is 1. The number of phosphoric acid groups is 1. The first kappa shape index (κ1) is 66.0. The van der Waals surface area contributed by atoms with Gasteiger partial charge >= 0.3 is 13.8 Å². The molecule has 68 heavy (non-hydrogen) atoms. The van der Waals surface area contributed by atoms with Crippen LogP contribution in [-0.2, 0) is 27.9 Å². The van der Waals surface area contributed by atoms with E-state index in [1.807, 2.05) is 33.3 Å². The summed E-state index contributed by atoms with van der Waals surface area (Å²) in [5.41, 5.74) is 0. The maximum Gasteiger partial charge on any atom is 0.472 e. The number of phosphoric ester groups is 1. The number of unbranched alkanes of at least 4 members (excludes halogenated alkanes) is 30. The number of nitrogens with zero attached hydrogens (tertiary/aromatic N) is 1. The Kier molecular flexibility index (Phi) is 47.1. The van der Waals surface area contributed by atoms with E-state index in [4.69, 9.17) is 13.8 Å². The van der Waals surface area contributed by atoms with Gasteiger partial charge in [0.1, 0.15) is 19.3 Å². The smallest absolute Gasteiger partial charge is 0.456 e. The molecule has 9 nitrogen and oxygen atoms in total. The molecule has 0 aromatic carbocycles. The number of esters is 1. The number of likely N-dealkylation sites (N-methyl/N-ethyl adjacent to an activating group) is 1. The Morgan fingerprint density at radius 1 is 0.515 bits per heavy atom. The van der Waals surface area contributed by atoms with Crippen LogP contribution in [0.4, 0.5) is 0 Å². The standard InChI is InChI=1S/C58H109N2O7P/c1-7-10-13-16-19-22-25-28-30-32-35-38-41-44-47-50-57(61)59-55(54-66-68(63,64)65-53-52-60(4,5)6)56(49-46-43-40-37-34-27-24-21-18-15-12-9-3)67-58(62)51-48-45-42-39-36-33-31-29-26-23-20-17-14-11-8-2/h19,22-23,25-26,28,46,49,55-56H,7-18,20-21,24,27,29-45,47-48,50-54H2,1-6H3,(H-,59,61,63,64)/p+1/b22-19+,26-23-,28-25+,49-46+. The van der Waals surface area contributed by atoms with E-state index in [9.17, 15) is 19.0 Å². The van der Waals surface area contributed by atoms with Crippen LogP contribution in [0.5, 0.6) is 0 Å². The number of carbonyl (C=O) groups is 2. The lowest BCUT2D eigenvalue weighted by molar-refractivity contribution is -0.870. The van der Waals surface area contributed by atoms with Crippen molar-refractivity contribution in [2.24, 2.45) is 0 Å². The second-order valence-electron chi connectivity index (χ2n) is 20.5. The zero-order chi connectivity index (χ0) is 50.1. The van der Waals surface area contributed by atoms with Gasteiger partial charge in [0.2, 0.25) is 5.91 Å². The number of nitrogens with one attached hydrogen (secondary N) is 1. The Bertz CT molecular complexity index is 1310. The zero-order valence-electron chi connectivity index (χ0n) is 45.3. The third-order valence-corrected chi connectivity index (χ3v) is 13.5. The number of hydrogen-bond donors (Lipinski definition) is 2. The van der Waals surface area contributed by atoms with E-state index >= 15 is 0 Å². The fourth-order valence-electron chi connectivity index (χ4n) is 8.04. The number of hydrogen-bond acceptors (Lipinski definition) is 6. The molecule has 0 heterocycles. The zero-order valence-corrected chi connectivity index (χ0v) is 46.2. The number of allylic oxidation sites excluding steroid dienone is 7. The van der Waals surface area contributed by atoms with Gasteiger partial charge in [-0.05, 0) is 83.1 Å². The Morgan fingerprint density at radius 2 is 0.897 bits per heavy atom. The van der Waals surface area contributed by atoms with Crippen LogP contribution in [-0.4, -0.2) is 74.3 Å². The topological polar surface area (TPSA) is 111 Å². The summed E-state index contributed by atoms with van der Waals surface area (Å²) in [7, 11) is 1.49. The highest BCUT2D eigenvalue weighted by Gasteiger charge is 2.30. The first-order chi connectivity index (χ1) is 32.9. The second kappa shape index (κ2) is 48.6. The summed E-state index contributed by atoms with van der Waals surface area (Å²) in [4.78, 5) is 37.5. The normalized spacial score (nSPS) is 14.2. The maximum absolute atomic E-state index is 13.5. The molecule has 0 bridgehead atoms. The van der Waals surface area contributed by atoms with E-state index in [-0.39, 0.29) is 31.5 Å². The van der Waals surface area contributed by atoms with Gasteiger partial charge < -0.3 is 19.4 Å². The summed E-state index contributed by atoms with van der Waals surface area (Å²) in [5.74, 6) is -0.521. The molecule has 0 saturated carbocycles. The van der Waals surface area contributed by atoms with Crippen molar-refractivity contribution in [3.8, 4) is 0 Å². The van der Waals surface area contributed by atoms with Gasteiger partial charge in [-0.1, -0.05) is 211 Å². The van der Waals surface area contributed by atoms with E-state index < -0.39 is 20.0 Å². The lowest BCUT2D eigenvalue weighted by Crippen LogP contribution is -2.47. The van der Waals surface area contributed by atoms with E-state index in [2.05, 4.69) is 62.5 Å². The minimum absolute atomic E-state index is 0.0370. The molecule has 0 aliphatic carbocycles. The van der Waals surface area contributed by atoms with Crippen LogP contribution in [0.15, 0.2) is 48.6 Å². The number of quaternary nitrogens is 1. The van der Waals surface area contributed by atoms with Crippen LogP contribution >= 0.6 is 7.82 Å². The Hall–Kier alpha value is -2.03. The van der Waals surface area contributed by atoms with Crippen molar-refractivity contribution < 1.29 is 37.3 Å². The minimum Gasteiger partial charge on any atom is -0.456 e. The largest absolute Gasteiger partial charge is 0.472 e. The highest BCUT2D eigenvalue weighted by Crippen LogP contribution is 2.43. The SMILES string of the molecule is CCCCC/C=C/C=C/CCCCCCCCC(=O)NC(COP(=O)(O)OCC[N+](C)(C)C)C(/C=C/CCCCCCCCCCCC)OC(=O)CCCCCCCCC/C=C\CCCCCC. The van der Waals surface area contributed by atoms with E-state index in [1.165, 1.54) is 141 Å². The maximum atomic E-state index is 13.5. The average molecular weight is 978 g/mol. The van der Waals surface area contributed by atoms with Gasteiger partial charge in [-0.2, -0.15) is 0 Å². The fourth-order valence-corrected chi connectivity index (χ4v) is 8.78. The van der Waals surface area contributed by atoms with Crippen molar-refractivity contribution in [2.45, 2.75) is 270 Å². The van der Waals surface area contributed by atoms with Gasteiger partial charge in [-0.15, -0.1) is 0 Å². The molecule has 398 valence electrons. The quantitative estimate of drug-likeness (QED) is 0.0156. The van der Waals surface area contributed by atoms with Gasteiger partial charge in [-0.3, -0.25) is 18.6 Å². The van der Waals surface area contributed by atoms with Crippen LogP contribution in [0.3, 0.4) is 0 Å². The lowest BCUT2D eigenvalue weighted by Gasteiger charge is -2.27. The van der Waals surface area contributed by atoms with Crippen LogP contribution in [0.25, 0.3) is 0 Å². The molecule has 0 fully saturated rings. The summed E-state index contributed by atoms with van der Waals surface area (Å²) in [5, 5.41) is 3.04. The molecule has 1 amide bonds.